The summed E-state index contributed by atoms with van der Waals surface area (Å²) >= 11 is 1.64. The summed E-state index contributed by atoms with van der Waals surface area (Å²) in [5.41, 5.74) is -0.145. The lowest BCUT2D eigenvalue weighted by atomic mass is 10.0. The topological polar surface area (TPSA) is 45.4 Å². The molecule has 1 saturated carbocycles. The maximum absolute atomic E-state index is 13.1. The highest BCUT2D eigenvalue weighted by molar-refractivity contribution is 7.99. The molecule has 1 aromatic heterocycles. The van der Waals surface area contributed by atoms with Crippen LogP contribution in [-0.4, -0.2) is 16.9 Å². The highest BCUT2D eigenvalue weighted by Gasteiger charge is 2.33. The van der Waals surface area contributed by atoms with Crippen molar-refractivity contribution in [1.82, 2.24) is 0 Å². The summed E-state index contributed by atoms with van der Waals surface area (Å²) in [6, 6.07) is 5.23. The first-order valence-corrected chi connectivity index (χ1v) is 9.77. The third kappa shape index (κ3) is 4.14. The Kier molecular flexibility index (Phi) is 5.46. The molecule has 2 aromatic rings. The zero-order valence-electron chi connectivity index (χ0n) is 14.7. The first kappa shape index (κ1) is 19.0. The van der Waals surface area contributed by atoms with Crippen molar-refractivity contribution in [3.63, 3.8) is 0 Å². The maximum atomic E-state index is 13.1. The molecule has 0 saturated heterocycles. The van der Waals surface area contributed by atoms with Crippen LogP contribution in [0, 0.1) is 0 Å². The fourth-order valence-corrected chi connectivity index (χ4v) is 3.62. The van der Waals surface area contributed by atoms with Gasteiger partial charge in [0.2, 0.25) is 5.88 Å². The predicted molar refractivity (Wildman–Crippen MR) is 98.6 cm³/mol. The molecule has 26 heavy (non-hydrogen) atoms. The van der Waals surface area contributed by atoms with Crippen LogP contribution in [0.2, 0.25) is 0 Å². The minimum atomic E-state index is -4.44. The van der Waals surface area contributed by atoms with E-state index >= 15 is 0 Å². The van der Waals surface area contributed by atoms with Crippen LogP contribution in [-0.2, 0) is 6.18 Å². The number of furan rings is 1. The first-order valence-electron chi connectivity index (χ1n) is 8.72. The number of aromatic hydroxyl groups is 1. The summed E-state index contributed by atoms with van der Waals surface area (Å²) in [6.07, 6.45) is -1.48. The van der Waals surface area contributed by atoms with Gasteiger partial charge < -0.3 is 14.8 Å². The summed E-state index contributed by atoms with van der Waals surface area (Å²) in [5, 5.41) is 13.8. The predicted octanol–water partition coefficient (Wildman–Crippen LogP) is 6.45. The van der Waals surface area contributed by atoms with Crippen LogP contribution in [0.25, 0.3) is 11.1 Å². The Labute approximate surface area is 155 Å². The molecule has 2 N–H and O–H groups in total. The fraction of sp³-hybridized carbons (Fsp3) is 0.474. The molecular formula is C19H22F3NO2S. The van der Waals surface area contributed by atoms with E-state index in [-0.39, 0.29) is 17.0 Å². The van der Waals surface area contributed by atoms with E-state index in [9.17, 15) is 18.3 Å². The Hall–Kier alpha value is -1.76. The standard InChI is InChI=1S/C19H22F3NO2S/c1-3-9-26-11(2)17-16(24)15(18(25-17)23-14-7-8-14)12-5-4-6-13(10-12)19(20,21)22/h4-6,10-11,14,23-24H,3,7-9H2,1-2H3. The van der Waals surface area contributed by atoms with Crippen LogP contribution >= 0.6 is 11.8 Å². The quantitative estimate of drug-likeness (QED) is 0.575. The van der Waals surface area contributed by atoms with Crippen molar-refractivity contribution in [3.05, 3.63) is 35.6 Å². The highest BCUT2D eigenvalue weighted by atomic mass is 32.2. The van der Waals surface area contributed by atoms with Gasteiger partial charge in [0.15, 0.2) is 11.5 Å². The van der Waals surface area contributed by atoms with E-state index in [1.165, 1.54) is 6.07 Å². The summed E-state index contributed by atoms with van der Waals surface area (Å²) < 4.78 is 45.1. The van der Waals surface area contributed by atoms with Crippen molar-refractivity contribution in [1.29, 1.82) is 0 Å². The fourth-order valence-electron chi connectivity index (χ4n) is 2.72. The average Bonchev–Trinajstić information content (AvgIpc) is 3.34. The molecule has 0 bridgehead atoms. The maximum Gasteiger partial charge on any atom is 0.416 e. The molecule has 3 rings (SSSR count). The number of hydrogen-bond donors (Lipinski definition) is 2. The molecule has 1 atom stereocenters. The van der Waals surface area contributed by atoms with Gasteiger partial charge in [-0.05, 0) is 49.6 Å². The molecule has 1 aliphatic rings. The van der Waals surface area contributed by atoms with Crippen LogP contribution in [0.15, 0.2) is 28.7 Å². The van der Waals surface area contributed by atoms with Crippen LogP contribution in [0.1, 0.15) is 49.7 Å². The number of rotatable bonds is 7. The smallest absolute Gasteiger partial charge is 0.416 e. The summed E-state index contributed by atoms with van der Waals surface area (Å²) in [4.78, 5) is 0. The van der Waals surface area contributed by atoms with E-state index in [4.69, 9.17) is 4.42 Å². The van der Waals surface area contributed by atoms with Gasteiger partial charge in [0, 0.05) is 6.04 Å². The Morgan fingerprint density at radius 3 is 2.69 bits per heavy atom. The first-order chi connectivity index (χ1) is 12.3. The number of thioether (sulfide) groups is 1. The molecule has 0 spiro atoms. The lowest BCUT2D eigenvalue weighted by Gasteiger charge is -2.10. The molecule has 0 amide bonds. The van der Waals surface area contributed by atoms with Crippen molar-refractivity contribution < 1.29 is 22.7 Å². The summed E-state index contributed by atoms with van der Waals surface area (Å²) in [7, 11) is 0. The number of hydrogen-bond acceptors (Lipinski definition) is 4. The van der Waals surface area contributed by atoms with E-state index in [0.717, 1.165) is 37.1 Å². The zero-order chi connectivity index (χ0) is 18.9. The van der Waals surface area contributed by atoms with Gasteiger partial charge >= 0.3 is 6.18 Å². The molecule has 0 aliphatic heterocycles. The molecule has 1 aliphatic carbocycles. The van der Waals surface area contributed by atoms with Crippen LogP contribution in [0.5, 0.6) is 5.75 Å². The van der Waals surface area contributed by atoms with Gasteiger partial charge in [0.25, 0.3) is 0 Å². The van der Waals surface area contributed by atoms with Gasteiger partial charge in [-0.25, -0.2) is 0 Å². The SMILES string of the molecule is CCCSC(C)c1oc(NC2CC2)c(-c2cccc(C(F)(F)F)c2)c1O. The minimum Gasteiger partial charge on any atom is -0.504 e. The van der Waals surface area contributed by atoms with Gasteiger partial charge in [-0.2, -0.15) is 24.9 Å². The number of anilines is 1. The summed E-state index contributed by atoms with van der Waals surface area (Å²) in [6.45, 7) is 3.99. The van der Waals surface area contributed by atoms with Gasteiger partial charge in [-0.3, -0.25) is 0 Å². The van der Waals surface area contributed by atoms with E-state index in [0.29, 0.717) is 22.8 Å². The highest BCUT2D eigenvalue weighted by Crippen LogP contribution is 2.48. The van der Waals surface area contributed by atoms with Crippen molar-refractivity contribution >= 4 is 17.6 Å². The molecule has 3 nitrogen and oxygen atoms in total. The van der Waals surface area contributed by atoms with Crippen LogP contribution in [0.4, 0.5) is 19.1 Å². The van der Waals surface area contributed by atoms with Gasteiger partial charge in [0.05, 0.1) is 16.4 Å². The number of alkyl halides is 3. The molecular weight excluding hydrogens is 363 g/mol. The molecule has 1 fully saturated rings. The largest absolute Gasteiger partial charge is 0.504 e. The Bertz CT molecular complexity index is 769. The second-order valence-corrected chi connectivity index (χ2v) is 7.98. The van der Waals surface area contributed by atoms with Gasteiger partial charge in [-0.15, -0.1) is 0 Å². The molecule has 1 heterocycles. The third-order valence-electron chi connectivity index (χ3n) is 4.24. The third-order valence-corrected chi connectivity index (χ3v) is 5.60. The molecule has 1 aromatic carbocycles. The van der Waals surface area contributed by atoms with Crippen molar-refractivity contribution in [3.8, 4) is 16.9 Å². The Balaban J connectivity index is 2.03. The monoisotopic (exact) mass is 385 g/mol. The van der Waals surface area contributed by atoms with E-state index in [2.05, 4.69) is 12.2 Å². The van der Waals surface area contributed by atoms with Crippen LogP contribution < -0.4 is 5.32 Å². The second-order valence-electron chi connectivity index (χ2n) is 6.53. The molecule has 7 heteroatoms. The van der Waals surface area contributed by atoms with Gasteiger partial charge in [0.1, 0.15) is 0 Å². The van der Waals surface area contributed by atoms with Gasteiger partial charge in [-0.1, -0.05) is 19.1 Å². The van der Waals surface area contributed by atoms with Crippen molar-refractivity contribution in [2.24, 2.45) is 0 Å². The minimum absolute atomic E-state index is 0.0800. The lowest BCUT2D eigenvalue weighted by Crippen LogP contribution is -2.05. The summed E-state index contributed by atoms with van der Waals surface area (Å²) in [5.74, 6) is 1.58. The number of benzene rings is 1. The lowest BCUT2D eigenvalue weighted by molar-refractivity contribution is -0.137. The normalized spacial score (nSPS) is 15.9. The Morgan fingerprint density at radius 1 is 1.35 bits per heavy atom. The molecule has 0 radical (unpaired) electrons. The van der Waals surface area contributed by atoms with E-state index in [1.807, 2.05) is 6.92 Å². The van der Waals surface area contributed by atoms with Crippen molar-refractivity contribution in [2.45, 2.75) is 50.6 Å². The average molecular weight is 385 g/mol. The number of nitrogens with one attached hydrogen (secondary N) is 1. The van der Waals surface area contributed by atoms with E-state index < -0.39 is 11.7 Å². The zero-order valence-corrected chi connectivity index (χ0v) is 15.5. The molecule has 142 valence electrons. The Morgan fingerprint density at radius 2 is 2.08 bits per heavy atom. The van der Waals surface area contributed by atoms with Crippen molar-refractivity contribution in [2.75, 3.05) is 11.1 Å². The van der Waals surface area contributed by atoms with Crippen LogP contribution in [0.3, 0.4) is 0 Å². The number of halogens is 3. The van der Waals surface area contributed by atoms with E-state index in [1.54, 1.807) is 17.8 Å². The second kappa shape index (κ2) is 7.47. The molecule has 1 unspecified atom stereocenters.